The largest absolute Gasteiger partial charge is 0.222 e. The van der Waals surface area contributed by atoms with Crippen molar-refractivity contribution in [2.45, 2.75) is 0 Å². The van der Waals surface area contributed by atoms with Gasteiger partial charge in [-0.1, -0.05) is 0 Å². The summed E-state index contributed by atoms with van der Waals surface area (Å²) in [7, 11) is 0. The van der Waals surface area contributed by atoms with Crippen LogP contribution in [0.4, 0.5) is 0 Å². The first kappa shape index (κ1) is 4.69. The van der Waals surface area contributed by atoms with E-state index in [4.69, 9.17) is 0 Å². The molecule has 1 nitrogen and oxygen atoms in total. The SMILES string of the molecule is BrC1=NC=C[C+]=C1. The van der Waals surface area contributed by atoms with Crippen LogP contribution in [0.15, 0.2) is 23.3 Å². The summed E-state index contributed by atoms with van der Waals surface area (Å²) in [6, 6.07) is 0. The molecule has 0 aromatic heterocycles. The molecule has 1 aliphatic rings. The number of hydrogen-bond acceptors (Lipinski definition) is 1. The van der Waals surface area contributed by atoms with E-state index in [-0.39, 0.29) is 0 Å². The number of aliphatic imine (C=N–C) groups is 1. The van der Waals surface area contributed by atoms with Crippen molar-refractivity contribution >= 4 is 20.6 Å². The van der Waals surface area contributed by atoms with Crippen molar-refractivity contribution in [3.05, 3.63) is 24.4 Å². The first-order valence-corrected chi connectivity index (χ1v) is 2.66. The van der Waals surface area contributed by atoms with Crippen LogP contribution in [0.5, 0.6) is 0 Å². The molecule has 0 aliphatic carbocycles. The molecule has 0 N–H and O–H groups in total. The standard InChI is InChI=1S/C5H3BrN/c6-5-3-1-2-4-7-5/h2-4H/q+1. The van der Waals surface area contributed by atoms with E-state index >= 15 is 0 Å². The van der Waals surface area contributed by atoms with E-state index in [0.29, 0.717) is 0 Å². The van der Waals surface area contributed by atoms with Crippen molar-refractivity contribution < 1.29 is 0 Å². The molecular formula is C5H3BrN+. The quantitative estimate of drug-likeness (QED) is 0.474. The van der Waals surface area contributed by atoms with Crippen molar-refractivity contribution in [1.82, 2.24) is 0 Å². The number of rotatable bonds is 0. The van der Waals surface area contributed by atoms with Crippen molar-refractivity contribution in [2.75, 3.05) is 0 Å². The summed E-state index contributed by atoms with van der Waals surface area (Å²) in [6.45, 7) is 0. The van der Waals surface area contributed by atoms with E-state index in [1.54, 1.807) is 18.4 Å². The predicted octanol–water partition coefficient (Wildman–Crippen LogP) is 1.67. The molecule has 1 heterocycles. The zero-order valence-electron chi connectivity index (χ0n) is 3.56. The molecule has 0 atom stereocenters. The van der Waals surface area contributed by atoms with Gasteiger partial charge < -0.3 is 0 Å². The van der Waals surface area contributed by atoms with Crippen LogP contribution in [0.1, 0.15) is 0 Å². The Morgan fingerprint density at radius 3 is 2.86 bits per heavy atom. The van der Waals surface area contributed by atoms with E-state index in [1.165, 1.54) is 0 Å². The fraction of sp³-hybridized carbons (Fsp3) is 0. The summed E-state index contributed by atoms with van der Waals surface area (Å²) >= 11 is 3.17. The fourth-order valence-electron chi connectivity index (χ4n) is 0.306. The molecule has 0 bridgehead atoms. The van der Waals surface area contributed by atoms with Gasteiger partial charge in [-0.25, -0.2) is 0 Å². The Kier molecular flexibility index (Phi) is 1.35. The van der Waals surface area contributed by atoms with Gasteiger partial charge in [0.25, 0.3) is 0 Å². The van der Waals surface area contributed by atoms with Gasteiger partial charge in [0.05, 0.1) is 15.9 Å². The van der Waals surface area contributed by atoms with Gasteiger partial charge in [0.1, 0.15) is 18.4 Å². The average molecular weight is 157 g/mol. The fourth-order valence-corrected chi connectivity index (χ4v) is 0.556. The monoisotopic (exact) mass is 156 g/mol. The third-order valence-corrected chi connectivity index (χ3v) is 1.00. The molecule has 34 valence electrons. The summed E-state index contributed by atoms with van der Waals surface area (Å²) in [5.41, 5.74) is 0. The Morgan fingerprint density at radius 1 is 1.71 bits per heavy atom. The van der Waals surface area contributed by atoms with Crippen LogP contribution in [-0.4, -0.2) is 4.62 Å². The minimum Gasteiger partial charge on any atom is -0.119 e. The highest BCUT2D eigenvalue weighted by atomic mass is 79.9. The Balaban J connectivity index is 2.82. The molecule has 7 heavy (non-hydrogen) atoms. The maximum absolute atomic E-state index is 3.86. The van der Waals surface area contributed by atoms with Gasteiger partial charge in [-0.15, -0.1) is 4.99 Å². The van der Waals surface area contributed by atoms with Crippen molar-refractivity contribution in [3.63, 3.8) is 0 Å². The minimum absolute atomic E-state index is 0.829. The van der Waals surface area contributed by atoms with Crippen LogP contribution in [0.3, 0.4) is 0 Å². The van der Waals surface area contributed by atoms with Crippen LogP contribution in [0.2, 0.25) is 0 Å². The lowest BCUT2D eigenvalue weighted by atomic mass is 10.4. The Bertz CT molecular complexity index is 144. The molecule has 0 fully saturated rings. The Labute approximate surface area is 50.6 Å². The molecule has 0 saturated heterocycles. The third kappa shape index (κ3) is 1.22. The molecule has 0 spiro atoms. The topological polar surface area (TPSA) is 12.4 Å². The van der Waals surface area contributed by atoms with Crippen LogP contribution in [-0.2, 0) is 0 Å². The summed E-state index contributed by atoms with van der Waals surface area (Å²) < 4.78 is 0.829. The second-order valence-electron chi connectivity index (χ2n) is 1.08. The molecule has 0 aromatic carbocycles. The second-order valence-corrected chi connectivity index (χ2v) is 1.89. The van der Waals surface area contributed by atoms with Gasteiger partial charge in [-0.2, -0.15) is 0 Å². The van der Waals surface area contributed by atoms with E-state index in [2.05, 4.69) is 27.0 Å². The molecule has 1 aliphatic heterocycles. The molecule has 0 aromatic rings. The first-order chi connectivity index (χ1) is 3.39. The zero-order valence-corrected chi connectivity index (χ0v) is 5.14. The maximum Gasteiger partial charge on any atom is 0.222 e. The number of halogens is 1. The van der Waals surface area contributed by atoms with Crippen molar-refractivity contribution in [3.8, 4) is 0 Å². The lowest BCUT2D eigenvalue weighted by Gasteiger charge is -1.73. The summed E-state index contributed by atoms with van der Waals surface area (Å²) in [5, 5.41) is 0. The lowest BCUT2D eigenvalue weighted by molar-refractivity contribution is 1.55. The maximum atomic E-state index is 3.86. The van der Waals surface area contributed by atoms with Crippen molar-refractivity contribution in [2.24, 2.45) is 4.99 Å². The molecule has 2 heteroatoms. The lowest BCUT2D eigenvalue weighted by Crippen LogP contribution is -1.78. The summed E-state index contributed by atoms with van der Waals surface area (Å²) in [4.78, 5) is 3.86. The van der Waals surface area contributed by atoms with E-state index in [9.17, 15) is 0 Å². The van der Waals surface area contributed by atoms with Gasteiger partial charge >= 0.3 is 0 Å². The molecule has 0 saturated carbocycles. The zero-order chi connectivity index (χ0) is 5.11. The molecule has 0 amide bonds. The highest BCUT2D eigenvalue weighted by Crippen LogP contribution is 1.96. The van der Waals surface area contributed by atoms with E-state index in [1.807, 2.05) is 0 Å². The number of nitrogens with zero attached hydrogens (tertiary/aromatic N) is 1. The normalized spacial score (nSPS) is 15.9. The van der Waals surface area contributed by atoms with Gasteiger partial charge in [-0.05, 0) is 0 Å². The van der Waals surface area contributed by atoms with Crippen LogP contribution in [0, 0.1) is 6.08 Å². The highest BCUT2D eigenvalue weighted by Gasteiger charge is 1.95. The third-order valence-electron chi connectivity index (χ3n) is 0.571. The second kappa shape index (κ2) is 2.01. The predicted molar refractivity (Wildman–Crippen MR) is 33.3 cm³/mol. The smallest absolute Gasteiger partial charge is 0.119 e. The van der Waals surface area contributed by atoms with Crippen LogP contribution < -0.4 is 0 Å². The molecular weight excluding hydrogens is 154 g/mol. The van der Waals surface area contributed by atoms with Crippen molar-refractivity contribution in [1.29, 1.82) is 0 Å². The number of hydrogen-bond donors (Lipinski definition) is 0. The number of allylic oxidation sites excluding steroid dienone is 3. The first-order valence-electron chi connectivity index (χ1n) is 1.87. The average Bonchev–Trinajstić information content (AvgIpc) is 1.69. The molecule has 1 rings (SSSR count). The van der Waals surface area contributed by atoms with Crippen LogP contribution in [0.25, 0.3) is 0 Å². The Hall–Kier alpha value is -0.460. The summed E-state index contributed by atoms with van der Waals surface area (Å²) in [5.74, 6) is 0. The van der Waals surface area contributed by atoms with Gasteiger partial charge in [0, 0.05) is 6.08 Å². The van der Waals surface area contributed by atoms with Gasteiger partial charge in [0.2, 0.25) is 4.62 Å². The summed E-state index contributed by atoms with van der Waals surface area (Å²) in [6.07, 6.45) is 8.05. The Morgan fingerprint density at radius 2 is 2.57 bits per heavy atom. The highest BCUT2D eigenvalue weighted by molar-refractivity contribution is 9.18. The van der Waals surface area contributed by atoms with Gasteiger partial charge in [0.15, 0.2) is 0 Å². The minimum atomic E-state index is 0.829. The molecule has 0 radical (unpaired) electrons. The molecule has 0 unspecified atom stereocenters. The van der Waals surface area contributed by atoms with E-state index < -0.39 is 0 Å². The van der Waals surface area contributed by atoms with E-state index in [0.717, 1.165) is 4.62 Å². The van der Waals surface area contributed by atoms with Crippen LogP contribution >= 0.6 is 15.9 Å². The van der Waals surface area contributed by atoms with Gasteiger partial charge in [-0.3, -0.25) is 0 Å².